The number of thioether (sulfide) groups is 1. The Hall–Kier alpha value is -3.60. The molecule has 0 unspecified atom stereocenters. The lowest BCUT2D eigenvalue weighted by atomic mass is 10.2. The van der Waals surface area contributed by atoms with Gasteiger partial charge in [0.15, 0.2) is 0 Å². The van der Waals surface area contributed by atoms with Crippen molar-refractivity contribution < 1.29 is 23.6 Å². The van der Waals surface area contributed by atoms with Crippen molar-refractivity contribution in [2.24, 2.45) is 0 Å². The molecule has 0 aliphatic carbocycles. The fourth-order valence-corrected chi connectivity index (χ4v) is 3.07. The lowest BCUT2D eigenvalue weighted by Crippen LogP contribution is -2.15. The number of nitro benzene ring substituents is 1. The van der Waals surface area contributed by atoms with Gasteiger partial charge >= 0.3 is 0 Å². The normalized spacial score (nSPS) is 10.5. The van der Waals surface area contributed by atoms with Crippen molar-refractivity contribution in [2.75, 3.05) is 24.8 Å². The van der Waals surface area contributed by atoms with Crippen LogP contribution in [0.15, 0.2) is 52.1 Å². The molecule has 30 heavy (non-hydrogen) atoms. The van der Waals surface area contributed by atoms with E-state index in [1.807, 2.05) is 19.1 Å². The maximum absolute atomic E-state index is 12.2. The zero-order valence-corrected chi connectivity index (χ0v) is 17.0. The first kappa shape index (κ1) is 21.1. The first-order valence-electron chi connectivity index (χ1n) is 8.82. The Bertz CT molecular complexity index is 1060. The van der Waals surface area contributed by atoms with Crippen molar-refractivity contribution in [1.82, 2.24) is 10.2 Å². The molecule has 0 bridgehead atoms. The molecule has 10 nitrogen and oxygen atoms in total. The van der Waals surface area contributed by atoms with Gasteiger partial charge in [0.2, 0.25) is 5.91 Å². The molecule has 0 spiro atoms. The van der Waals surface area contributed by atoms with Gasteiger partial charge in [-0.2, -0.15) is 0 Å². The van der Waals surface area contributed by atoms with Crippen molar-refractivity contribution >= 4 is 29.0 Å². The molecule has 0 saturated carbocycles. The highest BCUT2D eigenvalue weighted by Crippen LogP contribution is 2.31. The van der Waals surface area contributed by atoms with Crippen LogP contribution < -0.4 is 14.8 Å². The number of ether oxygens (including phenoxy) is 2. The smallest absolute Gasteiger partial charge is 0.296 e. The highest BCUT2D eigenvalue weighted by Gasteiger charge is 2.19. The van der Waals surface area contributed by atoms with Crippen LogP contribution in [0.1, 0.15) is 6.92 Å². The van der Waals surface area contributed by atoms with Crippen LogP contribution in [0.4, 0.5) is 11.4 Å². The molecule has 156 valence electrons. The van der Waals surface area contributed by atoms with E-state index in [0.29, 0.717) is 23.7 Å². The van der Waals surface area contributed by atoms with Crippen molar-refractivity contribution in [1.29, 1.82) is 0 Å². The molecule has 1 heterocycles. The predicted molar refractivity (Wildman–Crippen MR) is 110 cm³/mol. The van der Waals surface area contributed by atoms with Crippen LogP contribution in [0, 0.1) is 10.1 Å². The summed E-state index contributed by atoms with van der Waals surface area (Å²) < 4.78 is 16.1. The Morgan fingerprint density at radius 3 is 2.80 bits per heavy atom. The zero-order valence-electron chi connectivity index (χ0n) is 16.2. The minimum atomic E-state index is -0.592. The van der Waals surface area contributed by atoms with Gasteiger partial charge in [0.25, 0.3) is 16.8 Å². The Morgan fingerprint density at radius 1 is 1.27 bits per heavy atom. The fraction of sp³-hybridized carbons (Fsp3) is 0.211. The molecule has 0 aliphatic heterocycles. The predicted octanol–water partition coefficient (Wildman–Crippen LogP) is 3.78. The average Bonchev–Trinajstić information content (AvgIpc) is 3.22. The number of carbonyl (C=O) groups is 1. The van der Waals surface area contributed by atoms with Crippen LogP contribution in [0.3, 0.4) is 0 Å². The largest absolute Gasteiger partial charge is 0.496 e. The lowest BCUT2D eigenvalue weighted by molar-refractivity contribution is -0.384. The quantitative estimate of drug-likeness (QED) is 0.306. The number of amides is 1. The molecular formula is C19H18N4O6S. The van der Waals surface area contributed by atoms with Crippen molar-refractivity contribution in [3.05, 3.63) is 52.6 Å². The molecule has 1 aromatic heterocycles. The Balaban J connectivity index is 1.65. The van der Waals surface area contributed by atoms with E-state index in [1.165, 1.54) is 25.3 Å². The maximum atomic E-state index is 12.2. The number of aromatic nitrogens is 2. The van der Waals surface area contributed by atoms with Crippen LogP contribution in [0.2, 0.25) is 0 Å². The minimum Gasteiger partial charge on any atom is -0.496 e. The standard InChI is InChI=1S/C19H18N4O6S/c1-3-28-16-7-5-4-6-13(16)18-21-22-19(29-18)30-11-17(24)20-14-9-8-12(27-2)10-15(14)23(25)26/h4-10H,3,11H2,1-2H3,(H,20,24). The Morgan fingerprint density at radius 2 is 2.07 bits per heavy atom. The monoisotopic (exact) mass is 430 g/mol. The number of methoxy groups -OCH3 is 1. The van der Waals surface area contributed by atoms with Gasteiger partial charge in [-0.15, -0.1) is 10.2 Å². The summed E-state index contributed by atoms with van der Waals surface area (Å²) in [6, 6.07) is 11.4. The number of nitrogens with zero attached hydrogens (tertiary/aromatic N) is 3. The van der Waals surface area contributed by atoms with Gasteiger partial charge in [0.05, 0.1) is 36.0 Å². The number of para-hydroxylation sites is 1. The number of anilines is 1. The molecule has 3 aromatic rings. The first-order chi connectivity index (χ1) is 14.5. The maximum Gasteiger partial charge on any atom is 0.296 e. The van der Waals surface area contributed by atoms with Gasteiger partial charge in [0.1, 0.15) is 17.2 Å². The van der Waals surface area contributed by atoms with Crippen LogP contribution in [-0.2, 0) is 4.79 Å². The fourth-order valence-electron chi connectivity index (χ4n) is 2.51. The Labute approximate surface area is 175 Å². The van der Waals surface area contributed by atoms with Crippen molar-refractivity contribution in [3.63, 3.8) is 0 Å². The molecule has 1 N–H and O–H groups in total. The number of rotatable bonds is 9. The summed E-state index contributed by atoms with van der Waals surface area (Å²) in [5, 5.41) is 21.8. The summed E-state index contributed by atoms with van der Waals surface area (Å²) in [6.45, 7) is 2.36. The molecule has 2 aromatic carbocycles. The topological polar surface area (TPSA) is 130 Å². The summed E-state index contributed by atoms with van der Waals surface area (Å²) in [5.74, 6) is 0.679. The van der Waals surface area contributed by atoms with Crippen molar-refractivity contribution in [3.8, 4) is 23.0 Å². The molecule has 0 atom stereocenters. The first-order valence-corrected chi connectivity index (χ1v) is 9.81. The molecule has 0 saturated heterocycles. The molecular weight excluding hydrogens is 412 g/mol. The molecule has 0 fully saturated rings. The van der Waals surface area contributed by atoms with Gasteiger partial charge in [-0.25, -0.2) is 0 Å². The summed E-state index contributed by atoms with van der Waals surface area (Å²) in [6.07, 6.45) is 0. The van der Waals surface area contributed by atoms with Gasteiger partial charge in [0, 0.05) is 0 Å². The SMILES string of the molecule is CCOc1ccccc1-c1nnc(SCC(=O)Nc2ccc(OC)cc2[N+](=O)[O-])o1. The zero-order chi connectivity index (χ0) is 21.5. The van der Waals surface area contributed by atoms with E-state index in [2.05, 4.69) is 15.5 Å². The lowest BCUT2D eigenvalue weighted by Gasteiger charge is -2.07. The molecule has 1 amide bonds. The average molecular weight is 430 g/mol. The van der Waals surface area contributed by atoms with Crippen LogP contribution in [-0.4, -0.2) is 40.5 Å². The second-order valence-electron chi connectivity index (χ2n) is 5.78. The van der Waals surface area contributed by atoms with Crippen LogP contribution in [0.5, 0.6) is 11.5 Å². The van der Waals surface area contributed by atoms with E-state index < -0.39 is 10.8 Å². The molecule has 0 radical (unpaired) electrons. The highest BCUT2D eigenvalue weighted by atomic mass is 32.2. The van der Waals surface area contributed by atoms with Crippen LogP contribution in [0.25, 0.3) is 11.5 Å². The number of benzene rings is 2. The number of hydrogen-bond acceptors (Lipinski definition) is 9. The number of nitro groups is 1. The van der Waals surface area contributed by atoms with E-state index >= 15 is 0 Å². The van der Waals surface area contributed by atoms with Gasteiger partial charge in [-0.05, 0) is 31.2 Å². The molecule has 3 rings (SSSR count). The molecule has 11 heteroatoms. The second-order valence-corrected chi connectivity index (χ2v) is 6.71. The van der Waals surface area contributed by atoms with E-state index in [4.69, 9.17) is 13.9 Å². The van der Waals surface area contributed by atoms with E-state index in [0.717, 1.165) is 11.8 Å². The third-order valence-corrected chi connectivity index (χ3v) is 4.64. The summed E-state index contributed by atoms with van der Waals surface area (Å²) in [4.78, 5) is 22.9. The summed E-state index contributed by atoms with van der Waals surface area (Å²) in [7, 11) is 1.40. The van der Waals surface area contributed by atoms with E-state index in [1.54, 1.807) is 12.1 Å². The number of hydrogen-bond donors (Lipinski definition) is 1. The van der Waals surface area contributed by atoms with Crippen LogP contribution >= 0.6 is 11.8 Å². The highest BCUT2D eigenvalue weighted by molar-refractivity contribution is 7.99. The van der Waals surface area contributed by atoms with Gasteiger partial charge in [-0.1, -0.05) is 23.9 Å². The Kier molecular flexibility index (Phi) is 6.86. The third-order valence-electron chi connectivity index (χ3n) is 3.83. The van der Waals surface area contributed by atoms with Gasteiger partial charge < -0.3 is 19.2 Å². The third kappa shape index (κ3) is 5.06. The number of carbonyl (C=O) groups excluding carboxylic acids is 1. The molecule has 0 aliphatic rings. The summed E-state index contributed by atoms with van der Waals surface area (Å²) >= 11 is 1.02. The number of nitrogens with one attached hydrogen (secondary N) is 1. The second kappa shape index (κ2) is 9.74. The van der Waals surface area contributed by atoms with Crippen molar-refractivity contribution in [2.45, 2.75) is 12.1 Å². The minimum absolute atomic E-state index is 0.0715. The summed E-state index contributed by atoms with van der Waals surface area (Å²) in [5.41, 5.74) is 0.459. The van der Waals surface area contributed by atoms with Gasteiger partial charge in [-0.3, -0.25) is 14.9 Å². The van der Waals surface area contributed by atoms with E-state index in [-0.39, 0.29) is 28.2 Å². The van der Waals surface area contributed by atoms with E-state index in [9.17, 15) is 14.9 Å².